The van der Waals surface area contributed by atoms with E-state index in [9.17, 15) is 22.4 Å². The molecule has 7 nitrogen and oxygen atoms in total. The molecule has 2 saturated heterocycles. The van der Waals surface area contributed by atoms with Gasteiger partial charge in [0.25, 0.3) is 0 Å². The molecule has 4 rings (SSSR count). The van der Waals surface area contributed by atoms with Gasteiger partial charge < -0.3 is 10.2 Å². The number of nitrogens with one attached hydrogen (secondary N) is 1. The van der Waals surface area contributed by atoms with Crippen molar-refractivity contribution < 1.29 is 22.4 Å². The number of hydrogen-bond acceptors (Lipinski definition) is 4. The van der Waals surface area contributed by atoms with E-state index in [1.165, 1.54) is 22.5 Å². The monoisotopic (exact) mass is 473 g/mol. The van der Waals surface area contributed by atoms with Crippen LogP contribution in [0, 0.1) is 11.7 Å². The van der Waals surface area contributed by atoms with Crippen molar-refractivity contribution in [2.45, 2.75) is 36.6 Å². The van der Waals surface area contributed by atoms with Crippen molar-refractivity contribution >= 4 is 21.8 Å². The maximum Gasteiger partial charge on any atom is 0.245 e. The van der Waals surface area contributed by atoms with Crippen molar-refractivity contribution in [2.24, 2.45) is 5.92 Å². The van der Waals surface area contributed by atoms with E-state index >= 15 is 0 Å². The molecule has 1 atom stereocenters. The summed E-state index contributed by atoms with van der Waals surface area (Å²) in [7, 11) is -3.95. The molecule has 0 saturated carbocycles. The lowest BCUT2D eigenvalue weighted by Crippen LogP contribution is -2.45. The Morgan fingerprint density at radius 1 is 1.03 bits per heavy atom. The zero-order valence-corrected chi connectivity index (χ0v) is 19.1. The van der Waals surface area contributed by atoms with Crippen molar-refractivity contribution in [1.29, 1.82) is 0 Å². The number of amides is 2. The van der Waals surface area contributed by atoms with Crippen molar-refractivity contribution in [3.8, 4) is 0 Å². The van der Waals surface area contributed by atoms with E-state index in [0.717, 1.165) is 18.1 Å². The first kappa shape index (κ1) is 23.4. The first-order chi connectivity index (χ1) is 15.9. The Labute approximate surface area is 193 Å². The van der Waals surface area contributed by atoms with Gasteiger partial charge >= 0.3 is 0 Å². The number of carbonyl (C=O) groups excluding carboxylic acids is 2. The second kappa shape index (κ2) is 10.0. The largest absolute Gasteiger partial charge is 0.347 e. The van der Waals surface area contributed by atoms with Gasteiger partial charge in [-0.05, 0) is 37.0 Å². The van der Waals surface area contributed by atoms with Gasteiger partial charge in [-0.3, -0.25) is 9.59 Å². The molecule has 1 unspecified atom stereocenters. The lowest BCUT2D eigenvalue weighted by molar-refractivity contribution is -0.130. The topological polar surface area (TPSA) is 86.8 Å². The number of piperidine rings is 1. The first-order valence-electron chi connectivity index (χ1n) is 11.2. The minimum atomic E-state index is -3.95. The normalized spacial score (nSPS) is 18.9. The fraction of sp³-hybridized carbons (Fsp3) is 0.417. The summed E-state index contributed by atoms with van der Waals surface area (Å²) in [6, 6.07) is 14.5. The summed E-state index contributed by atoms with van der Waals surface area (Å²) < 4.78 is 40.9. The summed E-state index contributed by atoms with van der Waals surface area (Å²) in [6.07, 6.45) is 2.06. The van der Waals surface area contributed by atoms with Crippen LogP contribution in [0.1, 0.15) is 37.3 Å². The van der Waals surface area contributed by atoms with Gasteiger partial charge in [-0.1, -0.05) is 42.5 Å². The Bertz CT molecular complexity index is 1100. The highest BCUT2D eigenvalue weighted by atomic mass is 32.2. The highest BCUT2D eigenvalue weighted by Gasteiger charge is 2.34. The predicted molar refractivity (Wildman–Crippen MR) is 121 cm³/mol. The minimum Gasteiger partial charge on any atom is -0.347 e. The number of halogens is 1. The van der Waals surface area contributed by atoms with Gasteiger partial charge in [-0.25, -0.2) is 12.8 Å². The summed E-state index contributed by atoms with van der Waals surface area (Å²) in [4.78, 5) is 26.6. The molecule has 2 heterocycles. The van der Waals surface area contributed by atoms with Crippen LogP contribution in [0.5, 0.6) is 0 Å². The summed E-state index contributed by atoms with van der Waals surface area (Å²) in [6.45, 7) is 1.39. The number of hydrogen-bond donors (Lipinski definition) is 1. The molecule has 176 valence electrons. The molecule has 0 aliphatic carbocycles. The standard InChI is InChI=1S/C24H28FN3O4S/c25-20-9-4-5-10-22(20)33(31,32)28-15-12-19(13-16-28)24(30)26-21(18-7-2-1-3-8-18)17-27-14-6-11-23(27)29/h1-5,7-10,19,21H,6,11-17H2,(H,26,30). The quantitative estimate of drug-likeness (QED) is 0.670. The molecule has 2 aliphatic heterocycles. The Hall–Kier alpha value is -2.78. The summed E-state index contributed by atoms with van der Waals surface area (Å²) in [5.41, 5.74) is 0.921. The van der Waals surface area contributed by atoms with Crippen molar-refractivity contribution in [2.75, 3.05) is 26.2 Å². The molecule has 2 fully saturated rings. The zero-order chi connectivity index (χ0) is 23.4. The van der Waals surface area contributed by atoms with E-state index < -0.39 is 15.8 Å². The number of rotatable bonds is 7. The van der Waals surface area contributed by atoms with Crippen LogP contribution in [0.15, 0.2) is 59.5 Å². The first-order valence-corrected chi connectivity index (χ1v) is 12.7. The Kier molecular flexibility index (Phi) is 7.09. The Morgan fingerprint density at radius 3 is 2.33 bits per heavy atom. The Balaban J connectivity index is 1.41. The molecule has 0 aromatic heterocycles. The average molecular weight is 474 g/mol. The average Bonchev–Trinajstić information content (AvgIpc) is 3.23. The van der Waals surface area contributed by atoms with Gasteiger partial charge in [0.15, 0.2) is 0 Å². The number of carbonyl (C=O) groups is 2. The lowest BCUT2D eigenvalue weighted by atomic mass is 9.96. The van der Waals surface area contributed by atoms with E-state index in [2.05, 4.69) is 5.32 Å². The highest BCUT2D eigenvalue weighted by molar-refractivity contribution is 7.89. The molecule has 0 radical (unpaired) electrons. The molecule has 9 heteroatoms. The van der Waals surface area contributed by atoms with E-state index in [4.69, 9.17) is 0 Å². The van der Waals surface area contributed by atoms with E-state index in [1.807, 2.05) is 30.3 Å². The molecule has 33 heavy (non-hydrogen) atoms. The maximum absolute atomic E-state index is 14.0. The third kappa shape index (κ3) is 5.25. The molecule has 0 bridgehead atoms. The maximum atomic E-state index is 14.0. The SMILES string of the molecule is O=C(NC(CN1CCCC1=O)c1ccccc1)C1CCN(S(=O)(=O)c2ccccc2F)CC1. The number of benzene rings is 2. The molecule has 2 aromatic carbocycles. The molecular formula is C24H28FN3O4S. The minimum absolute atomic E-state index is 0.0943. The van der Waals surface area contributed by atoms with Gasteiger partial charge in [-0.15, -0.1) is 0 Å². The number of sulfonamides is 1. The van der Waals surface area contributed by atoms with Crippen LogP contribution in [0.3, 0.4) is 0 Å². The highest BCUT2D eigenvalue weighted by Crippen LogP contribution is 2.26. The summed E-state index contributed by atoms with van der Waals surface area (Å²) >= 11 is 0. The molecule has 2 amide bonds. The fourth-order valence-electron chi connectivity index (χ4n) is 4.48. The number of likely N-dealkylation sites (tertiary alicyclic amines) is 1. The second-order valence-corrected chi connectivity index (χ2v) is 10.4. The van der Waals surface area contributed by atoms with Gasteiger partial charge in [0.05, 0.1) is 6.04 Å². The van der Waals surface area contributed by atoms with Gasteiger partial charge in [0.2, 0.25) is 21.8 Å². The third-order valence-electron chi connectivity index (χ3n) is 6.37. The van der Waals surface area contributed by atoms with Crippen molar-refractivity contribution in [1.82, 2.24) is 14.5 Å². The summed E-state index contributed by atoms with van der Waals surface area (Å²) in [5, 5.41) is 3.08. The van der Waals surface area contributed by atoms with Gasteiger partial charge in [-0.2, -0.15) is 4.31 Å². The van der Waals surface area contributed by atoms with Crippen molar-refractivity contribution in [3.05, 3.63) is 66.0 Å². The van der Waals surface area contributed by atoms with E-state index in [-0.39, 0.29) is 41.8 Å². The zero-order valence-electron chi connectivity index (χ0n) is 18.3. The smallest absolute Gasteiger partial charge is 0.245 e. The van der Waals surface area contributed by atoms with Crippen LogP contribution in [-0.4, -0.2) is 55.6 Å². The van der Waals surface area contributed by atoms with Gasteiger partial charge in [0.1, 0.15) is 10.7 Å². The van der Waals surface area contributed by atoms with Crippen LogP contribution in [0.25, 0.3) is 0 Å². The second-order valence-electron chi connectivity index (χ2n) is 8.52. The fourth-order valence-corrected chi connectivity index (χ4v) is 6.01. The molecule has 0 spiro atoms. The van der Waals surface area contributed by atoms with E-state index in [1.54, 1.807) is 4.90 Å². The molecule has 2 aromatic rings. The molecule has 1 N–H and O–H groups in total. The lowest BCUT2D eigenvalue weighted by Gasteiger charge is -2.32. The molecule has 2 aliphatic rings. The van der Waals surface area contributed by atoms with Crippen molar-refractivity contribution in [3.63, 3.8) is 0 Å². The summed E-state index contributed by atoms with van der Waals surface area (Å²) in [5.74, 6) is -1.19. The number of nitrogens with zero attached hydrogens (tertiary/aromatic N) is 2. The third-order valence-corrected chi connectivity index (χ3v) is 8.30. The van der Waals surface area contributed by atoms with E-state index in [0.29, 0.717) is 32.4 Å². The van der Waals surface area contributed by atoms with Crippen LogP contribution in [0.2, 0.25) is 0 Å². The van der Waals surface area contributed by atoms with Crippen LogP contribution >= 0.6 is 0 Å². The van der Waals surface area contributed by atoms with Crippen LogP contribution < -0.4 is 5.32 Å². The predicted octanol–water partition coefficient (Wildman–Crippen LogP) is 2.71. The molecular weight excluding hydrogens is 445 g/mol. The van der Waals surface area contributed by atoms with Crippen LogP contribution in [-0.2, 0) is 19.6 Å². The van der Waals surface area contributed by atoms with Gasteiger partial charge in [0, 0.05) is 38.5 Å². The van der Waals surface area contributed by atoms with Crippen LogP contribution in [0.4, 0.5) is 4.39 Å². The Morgan fingerprint density at radius 2 is 1.70 bits per heavy atom.